The molecule has 18 nitrogen and oxygen atoms in total. The van der Waals surface area contributed by atoms with Crippen LogP contribution in [0.15, 0.2) is 46.9 Å². The molecular weight excluding hydrogens is 905 g/mol. The van der Waals surface area contributed by atoms with Gasteiger partial charge in [-0.1, -0.05) is 0 Å². The minimum Gasteiger partial charge on any atom is -0.490 e. The highest BCUT2D eigenvalue weighted by molar-refractivity contribution is 7.19. The molecule has 4 aliphatic rings. The lowest BCUT2D eigenvalue weighted by Gasteiger charge is -2.24. The first kappa shape index (κ1) is 46.3. The van der Waals surface area contributed by atoms with Crippen molar-refractivity contribution in [2.24, 2.45) is 27.6 Å². The first-order valence-electron chi connectivity index (χ1n) is 22.6. The zero-order chi connectivity index (χ0) is 47.5. The molecule has 2 aliphatic carbocycles. The number of aliphatic imine (C=N–C) groups is 2. The van der Waals surface area contributed by atoms with Gasteiger partial charge in [0.15, 0.2) is 0 Å². The molecule has 4 aromatic heterocycles. The molecule has 2 atom stereocenters. The van der Waals surface area contributed by atoms with E-state index in [4.69, 9.17) is 15.2 Å². The third-order valence-corrected chi connectivity index (χ3v) is 14.8. The van der Waals surface area contributed by atoms with Gasteiger partial charge < -0.3 is 45.7 Å². The van der Waals surface area contributed by atoms with Crippen LogP contribution in [0.5, 0.6) is 11.5 Å². The molecule has 2 aromatic carbocycles. The summed E-state index contributed by atoms with van der Waals surface area (Å²) < 4.78 is 16.6. The van der Waals surface area contributed by atoms with Crippen molar-refractivity contribution in [2.45, 2.75) is 51.6 Å². The topological polar surface area (TPSA) is 224 Å². The zero-order valence-corrected chi connectivity index (χ0v) is 40.3. The number of hydrogen-bond acceptors (Lipinski definition) is 17. The number of nitrogens with zero attached hydrogens (tertiary/aromatic N) is 8. The fourth-order valence-corrected chi connectivity index (χ4v) is 11.6. The monoisotopic (exact) mass is 958 g/mol. The van der Waals surface area contributed by atoms with Crippen LogP contribution in [0.2, 0.25) is 0 Å². The molecule has 0 spiro atoms. The summed E-state index contributed by atoms with van der Waals surface area (Å²) in [7, 11) is 8.58. The van der Waals surface area contributed by atoms with Crippen LogP contribution in [0.1, 0.15) is 56.0 Å². The Balaban J connectivity index is 0.000000171. The number of hydrogen-bond donors (Lipinski definition) is 4. The zero-order valence-electron chi connectivity index (χ0n) is 38.7. The number of ether oxygens (including phenoxy) is 3. The van der Waals surface area contributed by atoms with Crippen molar-refractivity contribution in [3.63, 3.8) is 0 Å². The maximum Gasteiger partial charge on any atom is 0.406 e. The van der Waals surface area contributed by atoms with Gasteiger partial charge in [0, 0.05) is 68.8 Å². The van der Waals surface area contributed by atoms with Crippen molar-refractivity contribution in [3.05, 3.63) is 80.1 Å². The van der Waals surface area contributed by atoms with E-state index in [-0.39, 0.29) is 30.3 Å². The summed E-state index contributed by atoms with van der Waals surface area (Å²) in [6.07, 6.45) is 11.2. The number of carbonyl (C=O) groups is 3. The Morgan fingerprint density at radius 3 is 1.65 bits per heavy atom. The number of aryl methyl sites for hydroxylation is 2. The molecule has 5 N–H and O–H groups in total. The summed E-state index contributed by atoms with van der Waals surface area (Å²) in [6, 6.07) is 8.06. The predicted molar refractivity (Wildman–Crippen MR) is 266 cm³/mol. The lowest BCUT2D eigenvalue weighted by molar-refractivity contribution is -0.134. The Morgan fingerprint density at radius 1 is 0.706 bits per heavy atom. The number of amides is 3. The van der Waals surface area contributed by atoms with Crippen LogP contribution in [0.4, 0.5) is 27.8 Å². The van der Waals surface area contributed by atoms with Gasteiger partial charge in [-0.25, -0.2) is 24.7 Å². The Kier molecular flexibility index (Phi) is 13.8. The van der Waals surface area contributed by atoms with Crippen molar-refractivity contribution < 1.29 is 28.6 Å². The van der Waals surface area contributed by atoms with Crippen molar-refractivity contribution >= 4 is 96.5 Å². The SMILES string of the molecule is CN(C)C(=O)[C@H]1CCc2c(sc3ncnc(Nc4cc5c(cc4OCCN)CN=C5)c23)C1.COC(=O)NCCOc1cc2c(cc1Nc1ncnc3sc4c(c13)CC[C@H](C(=O)N(C)C)C4)C=NC2. The smallest absolute Gasteiger partial charge is 0.406 e. The summed E-state index contributed by atoms with van der Waals surface area (Å²) in [6.45, 7) is 2.73. The summed E-state index contributed by atoms with van der Waals surface area (Å²) in [5, 5.41) is 11.6. The van der Waals surface area contributed by atoms with E-state index in [9.17, 15) is 14.4 Å². The van der Waals surface area contributed by atoms with E-state index in [1.54, 1.807) is 45.1 Å². The second-order valence-corrected chi connectivity index (χ2v) is 19.5. The molecule has 2 aliphatic heterocycles. The quantitative estimate of drug-likeness (QED) is 0.0949. The minimum absolute atomic E-state index is 0.000435. The Hall–Kier alpha value is -6.77. The molecule has 0 radical (unpaired) electrons. The molecule has 0 unspecified atom stereocenters. The van der Waals surface area contributed by atoms with Gasteiger partial charge in [-0.2, -0.15) is 0 Å². The minimum atomic E-state index is -0.501. The predicted octanol–water partition coefficient (Wildman–Crippen LogP) is 6.19. The van der Waals surface area contributed by atoms with Gasteiger partial charge in [-0.3, -0.25) is 19.6 Å². The molecule has 6 aromatic rings. The number of aromatic nitrogens is 4. The van der Waals surface area contributed by atoms with Crippen molar-refractivity contribution in [2.75, 3.05) is 72.2 Å². The number of benzene rings is 2. The number of carbonyl (C=O) groups excluding carboxylic acids is 3. The molecule has 0 saturated heterocycles. The summed E-state index contributed by atoms with van der Waals surface area (Å²) in [5.41, 5.74) is 14.1. The van der Waals surface area contributed by atoms with E-state index in [0.717, 1.165) is 104 Å². The molecule has 3 amide bonds. The van der Waals surface area contributed by atoms with Crippen molar-refractivity contribution in [1.29, 1.82) is 0 Å². The van der Waals surface area contributed by atoms with Gasteiger partial charge in [-0.05, 0) is 96.2 Å². The molecule has 0 saturated carbocycles. The van der Waals surface area contributed by atoms with E-state index < -0.39 is 6.09 Å². The average molecular weight is 959 g/mol. The summed E-state index contributed by atoms with van der Waals surface area (Å²) >= 11 is 3.30. The lowest BCUT2D eigenvalue weighted by atomic mass is 9.87. The third-order valence-electron chi connectivity index (χ3n) is 12.4. The maximum atomic E-state index is 12.6. The van der Waals surface area contributed by atoms with E-state index >= 15 is 0 Å². The Morgan fingerprint density at radius 2 is 1.19 bits per heavy atom. The lowest BCUT2D eigenvalue weighted by Crippen LogP contribution is -2.32. The summed E-state index contributed by atoms with van der Waals surface area (Å²) in [4.78, 5) is 71.0. The normalized spacial score (nSPS) is 16.2. The fraction of sp³-hybridized carbons (Fsp3) is 0.396. The number of nitrogens with one attached hydrogen (secondary N) is 3. The van der Waals surface area contributed by atoms with Gasteiger partial charge in [0.05, 0.1) is 48.9 Å². The first-order chi connectivity index (χ1) is 33.0. The molecule has 6 heterocycles. The second kappa shape index (κ2) is 20.2. The molecule has 0 bridgehead atoms. The third kappa shape index (κ3) is 9.65. The Labute approximate surface area is 401 Å². The second-order valence-electron chi connectivity index (χ2n) is 17.3. The Bertz CT molecular complexity index is 2970. The molecule has 20 heteroatoms. The molecule has 68 heavy (non-hydrogen) atoms. The van der Waals surface area contributed by atoms with Crippen molar-refractivity contribution in [1.82, 2.24) is 35.1 Å². The van der Waals surface area contributed by atoms with Gasteiger partial charge in [0.1, 0.15) is 58.7 Å². The largest absolute Gasteiger partial charge is 0.490 e. The number of alkyl carbamates (subject to hydrolysis) is 1. The molecule has 354 valence electrons. The van der Waals surface area contributed by atoms with Crippen LogP contribution < -0.4 is 31.2 Å². The number of methoxy groups -OCH3 is 1. The highest BCUT2D eigenvalue weighted by Gasteiger charge is 2.32. The molecule has 0 fully saturated rings. The van der Waals surface area contributed by atoms with E-state index in [0.29, 0.717) is 44.4 Å². The summed E-state index contributed by atoms with van der Waals surface area (Å²) in [5.74, 6) is 3.26. The number of fused-ring (bicyclic) bond motifs is 8. The first-order valence-corrected chi connectivity index (χ1v) is 24.2. The van der Waals surface area contributed by atoms with Gasteiger partial charge in [-0.15, -0.1) is 22.7 Å². The van der Waals surface area contributed by atoms with E-state index in [1.807, 2.05) is 58.8 Å². The number of rotatable bonds is 13. The van der Waals surface area contributed by atoms with E-state index in [1.165, 1.54) is 28.0 Å². The molecule has 10 rings (SSSR count). The number of nitrogens with two attached hydrogens (primary N) is 1. The van der Waals surface area contributed by atoms with Gasteiger partial charge in [0.2, 0.25) is 11.8 Å². The maximum absolute atomic E-state index is 12.6. The van der Waals surface area contributed by atoms with Crippen molar-refractivity contribution in [3.8, 4) is 11.5 Å². The molecular formula is C48H54N12O6S2. The van der Waals surface area contributed by atoms with Crippen LogP contribution in [-0.4, -0.2) is 122 Å². The van der Waals surface area contributed by atoms with Crippen LogP contribution in [0, 0.1) is 11.8 Å². The van der Waals surface area contributed by atoms with Crippen LogP contribution >= 0.6 is 22.7 Å². The van der Waals surface area contributed by atoms with Crippen LogP contribution in [0.25, 0.3) is 20.4 Å². The fourth-order valence-electron chi connectivity index (χ4n) is 9.08. The van der Waals surface area contributed by atoms with Crippen LogP contribution in [0.3, 0.4) is 0 Å². The standard InChI is InChI=1S/C25H28N6O4S.C23H26N6O2S/c1-31(2)24(32)14-4-5-17-20(10-14)36-23-21(17)22(28-13-29-23)30-18-8-15-11-26-12-16(15)9-19(18)35-7-6-27-25(33)34-3;1-29(2)23(30)13-3-4-16-19(9-13)32-22-20(16)21(26-12-27-22)28-17-7-14-10-25-11-15(14)8-18(17)31-6-5-24/h8-9,11,13-14H,4-7,10,12H2,1-3H3,(H,27,33)(H,28,29,30);7-8,10,12-13H,3-6,9,11,24H2,1-2H3,(H,26,27,28)/t14-;13-/m00/s1. The highest BCUT2D eigenvalue weighted by Crippen LogP contribution is 2.44. The van der Waals surface area contributed by atoms with E-state index in [2.05, 4.69) is 56.7 Å². The average Bonchev–Trinajstić information content (AvgIpc) is 4.16. The highest BCUT2D eigenvalue weighted by atomic mass is 32.1. The van der Waals surface area contributed by atoms with Gasteiger partial charge in [0.25, 0.3) is 0 Å². The van der Waals surface area contributed by atoms with Crippen LogP contribution in [-0.2, 0) is 53.1 Å². The number of thiophene rings is 2. The number of anilines is 4. The van der Waals surface area contributed by atoms with Gasteiger partial charge >= 0.3 is 6.09 Å².